The fourth-order valence-electron chi connectivity index (χ4n) is 1.44. The molecule has 0 atom stereocenters. The summed E-state index contributed by atoms with van der Waals surface area (Å²) in [7, 11) is 0. The van der Waals surface area contributed by atoms with E-state index in [9.17, 15) is 0 Å². The van der Waals surface area contributed by atoms with Crippen LogP contribution in [0.1, 0.15) is 5.56 Å². The second-order valence-corrected chi connectivity index (χ2v) is 3.54. The van der Waals surface area contributed by atoms with E-state index in [0.29, 0.717) is 10.7 Å². The molecule has 0 spiro atoms. The number of nitrogens with one attached hydrogen (secondary N) is 1. The Balaban J connectivity index is 2.68. The Labute approximate surface area is 86.9 Å². The first-order chi connectivity index (χ1) is 6.70. The van der Waals surface area contributed by atoms with Gasteiger partial charge in [-0.1, -0.05) is 23.7 Å². The number of H-pyrrole nitrogens is 1. The number of nitrogen functional groups attached to an aromatic ring is 1. The molecule has 0 bridgehead atoms. The lowest BCUT2D eigenvalue weighted by Gasteiger charge is -2.06. The van der Waals surface area contributed by atoms with Crippen LogP contribution in [-0.4, -0.2) is 10.2 Å². The summed E-state index contributed by atoms with van der Waals surface area (Å²) in [6, 6.07) is 5.74. The molecule has 2 aromatic rings. The van der Waals surface area contributed by atoms with Crippen molar-refractivity contribution in [2.24, 2.45) is 0 Å². The Morgan fingerprint density at radius 3 is 2.79 bits per heavy atom. The van der Waals surface area contributed by atoms with E-state index in [4.69, 9.17) is 17.3 Å². The number of anilines is 1. The Kier molecular flexibility index (Phi) is 2.17. The van der Waals surface area contributed by atoms with E-state index in [-0.39, 0.29) is 0 Å². The minimum absolute atomic E-state index is 0.612. The van der Waals surface area contributed by atoms with Crippen molar-refractivity contribution in [2.75, 3.05) is 5.73 Å². The lowest BCUT2D eigenvalue weighted by Crippen LogP contribution is -1.90. The van der Waals surface area contributed by atoms with Gasteiger partial charge >= 0.3 is 0 Å². The van der Waals surface area contributed by atoms with E-state index < -0.39 is 0 Å². The van der Waals surface area contributed by atoms with E-state index in [1.807, 2.05) is 25.1 Å². The Hall–Kier alpha value is -1.48. The first-order valence-corrected chi connectivity index (χ1v) is 4.62. The van der Waals surface area contributed by atoms with E-state index >= 15 is 0 Å². The minimum Gasteiger partial charge on any atom is -0.396 e. The molecule has 0 saturated carbocycles. The lowest BCUT2D eigenvalue weighted by molar-refractivity contribution is 1.09. The number of rotatable bonds is 1. The summed E-state index contributed by atoms with van der Waals surface area (Å²) >= 11 is 6.09. The molecule has 0 fully saturated rings. The van der Waals surface area contributed by atoms with Crippen molar-refractivity contribution in [2.45, 2.75) is 6.92 Å². The van der Waals surface area contributed by atoms with Crippen LogP contribution in [0.4, 0.5) is 5.69 Å². The monoisotopic (exact) mass is 207 g/mol. The molecule has 3 N–H and O–H groups in total. The molecule has 72 valence electrons. The zero-order valence-corrected chi connectivity index (χ0v) is 8.47. The van der Waals surface area contributed by atoms with E-state index in [1.165, 1.54) is 0 Å². The summed E-state index contributed by atoms with van der Waals surface area (Å²) in [5.74, 6) is 0. The summed E-state index contributed by atoms with van der Waals surface area (Å²) in [6.45, 7) is 1.99. The molecule has 0 aliphatic heterocycles. The summed E-state index contributed by atoms with van der Waals surface area (Å²) in [6.07, 6.45) is 1.58. The van der Waals surface area contributed by atoms with Crippen LogP contribution in [0.25, 0.3) is 11.3 Å². The molecular weight excluding hydrogens is 198 g/mol. The number of aromatic nitrogens is 2. The van der Waals surface area contributed by atoms with Crippen LogP contribution in [0.3, 0.4) is 0 Å². The van der Waals surface area contributed by atoms with E-state index in [1.54, 1.807) is 6.20 Å². The number of nitrogens with zero attached hydrogens (tertiary/aromatic N) is 1. The number of halogens is 1. The van der Waals surface area contributed by atoms with Gasteiger partial charge in [0.2, 0.25) is 0 Å². The van der Waals surface area contributed by atoms with Crippen LogP contribution in [0.5, 0.6) is 0 Å². The topological polar surface area (TPSA) is 54.7 Å². The third kappa shape index (κ3) is 1.36. The predicted molar refractivity (Wildman–Crippen MR) is 58.2 cm³/mol. The highest BCUT2D eigenvalue weighted by Crippen LogP contribution is 2.32. The van der Waals surface area contributed by atoms with Crippen molar-refractivity contribution < 1.29 is 0 Å². The average Bonchev–Trinajstić information content (AvgIpc) is 2.52. The van der Waals surface area contributed by atoms with Crippen LogP contribution in [0.2, 0.25) is 5.02 Å². The maximum Gasteiger partial charge on any atom is 0.0897 e. The first kappa shape index (κ1) is 9.09. The largest absolute Gasteiger partial charge is 0.396 e. The average molecular weight is 208 g/mol. The quantitative estimate of drug-likeness (QED) is 0.755. The SMILES string of the molecule is Cc1cccc(Cl)c1-c1[nH]ncc1N. The highest BCUT2D eigenvalue weighted by Gasteiger charge is 2.10. The van der Waals surface area contributed by atoms with Gasteiger partial charge in [-0.2, -0.15) is 5.10 Å². The van der Waals surface area contributed by atoms with E-state index in [2.05, 4.69) is 10.2 Å². The van der Waals surface area contributed by atoms with Crippen molar-refractivity contribution in [3.63, 3.8) is 0 Å². The van der Waals surface area contributed by atoms with Gasteiger partial charge in [0.05, 0.1) is 22.6 Å². The summed E-state index contributed by atoms with van der Waals surface area (Å²) < 4.78 is 0. The summed E-state index contributed by atoms with van der Waals surface area (Å²) in [5, 5.41) is 7.40. The standard InChI is InChI=1S/C10H10ClN3/c1-6-3-2-4-7(11)9(6)10-8(12)5-13-14-10/h2-5H,12H2,1H3,(H,13,14). The predicted octanol–water partition coefficient (Wildman–Crippen LogP) is 2.62. The molecule has 0 amide bonds. The fourth-order valence-corrected chi connectivity index (χ4v) is 1.76. The molecule has 0 saturated heterocycles. The minimum atomic E-state index is 0.612. The van der Waals surface area contributed by atoms with Crippen molar-refractivity contribution in [1.82, 2.24) is 10.2 Å². The van der Waals surface area contributed by atoms with Gasteiger partial charge in [-0.3, -0.25) is 5.10 Å². The van der Waals surface area contributed by atoms with Gasteiger partial charge in [-0.25, -0.2) is 0 Å². The molecule has 0 unspecified atom stereocenters. The molecule has 14 heavy (non-hydrogen) atoms. The normalized spacial score (nSPS) is 10.4. The molecule has 0 aliphatic carbocycles. The van der Waals surface area contributed by atoms with Crippen molar-refractivity contribution in [3.8, 4) is 11.3 Å². The van der Waals surface area contributed by atoms with Gasteiger partial charge in [0.25, 0.3) is 0 Å². The number of benzene rings is 1. The van der Waals surface area contributed by atoms with Crippen molar-refractivity contribution in [1.29, 1.82) is 0 Å². The summed E-state index contributed by atoms with van der Waals surface area (Å²) in [4.78, 5) is 0. The molecule has 3 nitrogen and oxygen atoms in total. The number of nitrogens with two attached hydrogens (primary N) is 1. The summed E-state index contributed by atoms with van der Waals surface area (Å²) in [5.41, 5.74) is 9.15. The van der Waals surface area contributed by atoms with Gasteiger partial charge in [-0.05, 0) is 18.6 Å². The van der Waals surface area contributed by atoms with Gasteiger partial charge in [0, 0.05) is 5.56 Å². The molecule has 2 rings (SSSR count). The van der Waals surface area contributed by atoms with Crippen LogP contribution in [0, 0.1) is 6.92 Å². The number of hydrogen-bond acceptors (Lipinski definition) is 2. The molecule has 0 aliphatic rings. The van der Waals surface area contributed by atoms with Crippen molar-refractivity contribution >= 4 is 17.3 Å². The van der Waals surface area contributed by atoms with E-state index in [0.717, 1.165) is 16.8 Å². The van der Waals surface area contributed by atoms with Crippen LogP contribution < -0.4 is 5.73 Å². The Morgan fingerprint density at radius 1 is 1.43 bits per heavy atom. The number of aromatic amines is 1. The third-order valence-electron chi connectivity index (χ3n) is 2.14. The maximum absolute atomic E-state index is 6.09. The Bertz CT molecular complexity index is 442. The maximum atomic E-state index is 6.09. The molecule has 4 heteroatoms. The number of aryl methyl sites for hydroxylation is 1. The second-order valence-electron chi connectivity index (χ2n) is 3.13. The lowest BCUT2D eigenvalue weighted by atomic mass is 10.1. The third-order valence-corrected chi connectivity index (χ3v) is 2.46. The van der Waals surface area contributed by atoms with Crippen molar-refractivity contribution in [3.05, 3.63) is 35.0 Å². The smallest absolute Gasteiger partial charge is 0.0897 e. The zero-order chi connectivity index (χ0) is 10.1. The van der Waals surface area contributed by atoms with Gasteiger partial charge < -0.3 is 5.73 Å². The molecule has 1 aromatic heterocycles. The highest BCUT2D eigenvalue weighted by atomic mass is 35.5. The van der Waals surface area contributed by atoms with Crippen LogP contribution in [-0.2, 0) is 0 Å². The van der Waals surface area contributed by atoms with Gasteiger partial charge in [-0.15, -0.1) is 0 Å². The van der Waals surface area contributed by atoms with Crippen LogP contribution in [0.15, 0.2) is 24.4 Å². The molecule has 1 heterocycles. The van der Waals surface area contributed by atoms with Gasteiger partial charge in [0.15, 0.2) is 0 Å². The fraction of sp³-hybridized carbons (Fsp3) is 0.100. The van der Waals surface area contributed by atoms with Crippen LogP contribution >= 0.6 is 11.6 Å². The molecule has 0 radical (unpaired) electrons. The van der Waals surface area contributed by atoms with Gasteiger partial charge in [0.1, 0.15) is 0 Å². The second kappa shape index (κ2) is 3.35. The first-order valence-electron chi connectivity index (χ1n) is 4.24. The molecule has 1 aromatic carbocycles. The zero-order valence-electron chi connectivity index (χ0n) is 7.71. The molecular formula is C10H10ClN3. The highest BCUT2D eigenvalue weighted by molar-refractivity contribution is 6.33. The number of hydrogen-bond donors (Lipinski definition) is 2. The Morgan fingerprint density at radius 2 is 2.21 bits per heavy atom.